The zero-order valence-corrected chi connectivity index (χ0v) is 14.0. The molecule has 2 unspecified atom stereocenters. The van der Waals surface area contributed by atoms with Gasteiger partial charge in [0.1, 0.15) is 0 Å². The maximum absolute atomic E-state index is 2.48. The first-order chi connectivity index (χ1) is 8.74. The summed E-state index contributed by atoms with van der Waals surface area (Å²) in [7, 11) is 0. The van der Waals surface area contributed by atoms with E-state index in [1.807, 2.05) is 0 Å². The summed E-state index contributed by atoms with van der Waals surface area (Å²) >= 11 is 0. The highest BCUT2D eigenvalue weighted by Gasteiger charge is 2.41. The molecule has 0 N–H and O–H groups in total. The van der Waals surface area contributed by atoms with Crippen molar-refractivity contribution < 1.29 is 0 Å². The molecule has 0 radical (unpaired) electrons. The lowest BCUT2D eigenvalue weighted by molar-refractivity contribution is 0.120. The SMILES string of the molecule is CC1=CC=C2C1C(C)C[C@@H](C(C)C)CC(C)(C)[C@H]2C. The fraction of sp³-hybridized carbons (Fsp3) is 0.789. The highest BCUT2D eigenvalue weighted by molar-refractivity contribution is 5.36. The van der Waals surface area contributed by atoms with Gasteiger partial charge in [0.2, 0.25) is 0 Å². The van der Waals surface area contributed by atoms with Gasteiger partial charge in [-0.3, -0.25) is 0 Å². The zero-order chi connectivity index (χ0) is 14.4. The molecule has 19 heavy (non-hydrogen) atoms. The number of fused-ring (bicyclic) bond motifs is 1. The van der Waals surface area contributed by atoms with E-state index in [4.69, 9.17) is 0 Å². The minimum Gasteiger partial charge on any atom is -0.0659 e. The highest BCUT2D eigenvalue weighted by atomic mass is 14.5. The van der Waals surface area contributed by atoms with E-state index in [0.717, 1.165) is 23.7 Å². The molecule has 0 aromatic rings. The largest absolute Gasteiger partial charge is 0.0659 e. The molecule has 2 rings (SSSR count). The van der Waals surface area contributed by atoms with E-state index >= 15 is 0 Å². The van der Waals surface area contributed by atoms with Gasteiger partial charge in [-0.05, 0) is 48.9 Å². The van der Waals surface area contributed by atoms with Crippen molar-refractivity contribution in [2.45, 2.75) is 61.3 Å². The van der Waals surface area contributed by atoms with Gasteiger partial charge in [0, 0.05) is 5.92 Å². The molecule has 0 nitrogen and oxygen atoms in total. The fourth-order valence-electron chi connectivity index (χ4n) is 4.40. The Kier molecular flexibility index (Phi) is 4.00. The number of rotatable bonds is 1. The molecule has 1 fully saturated rings. The van der Waals surface area contributed by atoms with Gasteiger partial charge in [-0.25, -0.2) is 0 Å². The van der Waals surface area contributed by atoms with Crippen molar-refractivity contribution in [3.05, 3.63) is 23.3 Å². The van der Waals surface area contributed by atoms with Gasteiger partial charge in [-0.1, -0.05) is 64.8 Å². The first-order valence-electron chi connectivity index (χ1n) is 8.12. The van der Waals surface area contributed by atoms with Crippen LogP contribution >= 0.6 is 0 Å². The topological polar surface area (TPSA) is 0 Å². The number of hydrogen-bond acceptors (Lipinski definition) is 0. The summed E-state index contributed by atoms with van der Waals surface area (Å²) in [6.45, 7) is 17.0. The van der Waals surface area contributed by atoms with E-state index in [0.29, 0.717) is 11.3 Å². The van der Waals surface area contributed by atoms with Crippen LogP contribution in [0.2, 0.25) is 0 Å². The van der Waals surface area contributed by atoms with E-state index in [2.05, 4.69) is 60.6 Å². The van der Waals surface area contributed by atoms with Crippen molar-refractivity contribution in [3.8, 4) is 0 Å². The van der Waals surface area contributed by atoms with Gasteiger partial charge in [0.15, 0.2) is 0 Å². The van der Waals surface area contributed by atoms with E-state index < -0.39 is 0 Å². The predicted molar refractivity (Wildman–Crippen MR) is 85.0 cm³/mol. The lowest BCUT2D eigenvalue weighted by Crippen LogP contribution is -2.35. The Hall–Kier alpha value is -0.520. The third-order valence-electron chi connectivity index (χ3n) is 6.04. The lowest BCUT2D eigenvalue weighted by Gasteiger charge is -2.44. The van der Waals surface area contributed by atoms with E-state index in [-0.39, 0.29) is 0 Å². The Morgan fingerprint density at radius 3 is 2.37 bits per heavy atom. The zero-order valence-electron chi connectivity index (χ0n) is 14.0. The van der Waals surface area contributed by atoms with Crippen LogP contribution in [0.1, 0.15) is 61.3 Å². The average Bonchev–Trinajstić information content (AvgIpc) is 2.67. The summed E-state index contributed by atoms with van der Waals surface area (Å²) in [5.41, 5.74) is 3.73. The minimum atomic E-state index is 0.428. The van der Waals surface area contributed by atoms with Crippen LogP contribution in [0.3, 0.4) is 0 Å². The molecule has 4 atom stereocenters. The van der Waals surface area contributed by atoms with E-state index in [1.54, 1.807) is 11.1 Å². The van der Waals surface area contributed by atoms with Gasteiger partial charge in [-0.2, -0.15) is 0 Å². The van der Waals surface area contributed by atoms with E-state index in [9.17, 15) is 0 Å². The fourth-order valence-corrected chi connectivity index (χ4v) is 4.40. The Balaban J connectivity index is 2.35. The molecule has 1 saturated carbocycles. The molecule has 0 aliphatic heterocycles. The summed E-state index contributed by atoms with van der Waals surface area (Å²) in [5, 5.41) is 0. The van der Waals surface area contributed by atoms with Crippen LogP contribution in [0.25, 0.3) is 0 Å². The second-order valence-corrected chi connectivity index (χ2v) is 8.19. The van der Waals surface area contributed by atoms with Crippen LogP contribution in [0.4, 0.5) is 0 Å². The Labute approximate surface area is 120 Å². The monoisotopic (exact) mass is 260 g/mol. The van der Waals surface area contributed by atoms with Gasteiger partial charge in [-0.15, -0.1) is 0 Å². The maximum atomic E-state index is 2.48. The van der Waals surface area contributed by atoms with Crippen LogP contribution in [0, 0.1) is 35.0 Å². The average molecular weight is 260 g/mol. The third-order valence-corrected chi connectivity index (χ3v) is 6.04. The molecule has 108 valence electrons. The number of hydrogen-bond donors (Lipinski definition) is 0. The second kappa shape index (κ2) is 5.11. The van der Waals surface area contributed by atoms with Crippen molar-refractivity contribution in [2.75, 3.05) is 0 Å². The van der Waals surface area contributed by atoms with Gasteiger partial charge in [0.25, 0.3) is 0 Å². The molecular weight excluding hydrogens is 228 g/mol. The first kappa shape index (κ1) is 14.9. The minimum absolute atomic E-state index is 0.428. The molecule has 0 aromatic carbocycles. The summed E-state index contributed by atoms with van der Waals surface area (Å²) in [5.74, 6) is 3.91. The van der Waals surface area contributed by atoms with Crippen molar-refractivity contribution in [1.29, 1.82) is 0 Å². The molecule has 2 aliphatic carbocycles. The smallest absolute Gasteiger partial charge is 0.00390 e. The maximum Gasteiger partial charge on any atom is 0.00390 e. The molecule has 0 saturated heterocycles. The van der Waals surface area contributed by atoms with Crippen LogP contribution < -0.4 is 0 Å². The third kappa shape index (κ3) is 2.69. The van der Waals surface area contributed by atoms with Gasteiger partial charge >= 0.3 is 0 Å². The standard InChI is InChI=1S/C19H32/c1-12(2)16-10-14(4)18-13(3)8-9-17(18)15(5)19(6,7)11-16/h8-9,12,14-16,18H,10-11H2,1-7H3/t14?,15-,16+,18?/m0/s1. The Morgan fingerprint density at radius 1 is 1.16 bits per heavy atom. The first-order valence-corrected chi connectivity index (χ1v) is 8.12. The quantitative estimate of drug-likeness (QED) is 0.554. The molecule has 0 spiro atoms. The molecule has 0 bridgehead atoms. The van der Waals surface area contributed by atoms with Gasteiger partial charge < -0.3 is 0 Å². The Bertz CT molecular complexity index is 394. The van der Waals surface area contributed by atoms with E-state index in [1.165, 1.54) is 12.8 Å². The second-order valence-electron chi connectivity index (χ2n) is 8.19. The lowest BCUT2D eigenvalue weighted by atomic mass is 9.60. The number of allylic oxidation sites excluding steroid dienone is 4. The summed E-state index contributed by atoms with van der Waals surface area (Å²) in [4.78, 5) is 0. The van der Waals surface area contributed by atoms with Crippen LogP contribution in [0.15, 0.2) is 23.3 Å². The molecule has 0 heteroatoms. The summed E-state index contributed by atoms with van der Waals surface area (Å²) in [6.07, 6.45) is 7.57. The van der Waals surface area contributed by atoms with Crippen LogP contribution in [-0.4, -0.2) is 0 Å². The molecular formula is C19H32. The van der Waals surface area contributed by atoms with Crippen molar-refractivity contribution in [1.82, 2.24) is 0 Å². The van der Waals surface area contributed by atoms with Crippen LogP contribution in [0.5, 0.6) is 0 Å². The predicted octanol–water partition coefficient (Wildman–Crippen LogP) is 5.85. The molecule has 0 heterocycles. The van der Waals surface area contributed by atoms with Crippen molar-refractivity contribution >= 4 is 0 Å². The Morgan fingerprint density at radius 2 is 1.79 bits per heavy atom. The van der Waals surface area contributed by atoms with Crippen molar-refractivity contribution in [3.63, 3.8) is 0 Å². The van der Waals surface area contributed by atoms with Gasteiger partial charge in [0.05, 0.1) is 0 Å². The highest BCUT2D eigenvalue weighted by Crippen LogP contribution is 2.51. The summed E-state index contributed by atoms with van der Waals surface area (Å²) in [6, 6.07) is 0. The molecule has 2 aliphatic rings. The summed E-state index contributed by atoms with van der Waals surface area (Å²) < 4.78 is 0. The van der Waals surface area contributed by atoms with Crippen molar-refractivity contribution in [2.24, 2.45) is 35.0 Å². The molecule has 0 aromatic heterocycles. The molecule has 0 amide bonds. The van der Waals surface area contributed by atoms with Crippen LogP contribution in [-0.2, 0) is 0 Å². The normalized spacial score (nSPS) is 38.3.